The van der Waals surface area contributed by atoms with Gasteiger partial charge in [0.25, 0.3) is 0 Å². The summed E-state index contributed by atoms with van der Waals surface area (Å²) in [5, 5.41) is 2.57. The molecule has 0 amide bonds. The normalized spacial score (nSPS) is 12.5. The zero-order valence-corrected chi connectivity index (χ0v) is 22.8. The van der Waals surface area contributed by atoms with Crippen LogP contribution < -0.4 is 4.90 Å². The summed E-state index contributed by atoms with van der Waals surface area (Å²) in [5.74, 6) is 0.467. The van der Waals surface area contributed by atoms with E-state index in [4.69, 9.17) is 0 Å². The van der Waals surface area contributed by atoms with Crippen LogP contribution in [0, 0.1) is 5.92 Å². The van der Waals surface area contributed by atoms with E-state index in [1.165, 1.54) is 50.0 Å². The Hall–Kier alpha value is -4.56. The van der Waals surface area contributed by atoms with E-state index >= 15 is 0 Å². The molecule has 0 N–H and O–H groups in total. The van der Waals surface area contributed by atoms with Gasteiger partial charge in [0, 0.05) is 27.8 Å². The second kappa shape index (κ2) is 10.7. The second-order valence-corrected chi connectivity index (χ2v) is 10.4. The van der Waals surface area contributed by atoms with Crippen molar-refractivity contribution in [2.45, 2.75) is 26.8 Å². The predicted molar refractivity (Wildman–Crippen MR) is 168 cm³/mol. The SMILES string of the molecule is C/C=C\C(C(C)C)N(c1ccccc1)c1ccc(-c2ccc(-n3c4ccccc4c4ccccc43)cc2)cc1. The highest BCUT2D eigenvalue weighted by Gasteiger charge is 2.21. The molecule has 6 rings (SSSR count). The zero-order valence-electron chi connectivity index (χ0n) is 22.8. The average Bonchev–Trinajstić information content (AvgIpc) is 3.32. The van der Waals surface area contributed by atoms with Crippen molar-refractivity contribution in [2.75, 3.05) is 4.90 Å². The fourth-order valence-electron chi connectivity index (χ4n) is 5.70. The summed E-state index contributed by atoms with van der Waals surface area (Å²) in [7, 11) is 0. The smallest absolute Gasteiger partial charge is 0.0545 e. The van der Waals surface area contributed by atoms with E-state index in [0.29, 0.717) is 5.92 Å². The van der Waals surface area contributed by atoms with E-state index in [2.05, 4.69) is 170 Å². The van der Waals surface area contributed by atoms with Gasteiger partial charge in [0.05, 0.1) is 17.1 Å². The first kappa shape index (κ1) is 24.8. The number of benzene rings is 5. The fraction of sp³-hybridized carbons (Fsp3) is 0.135. The Morgan fingerprint density at radius 3 is 1.59 bits per heavy atom. The molecule has 0 aliphatic heterocycles. The fourth-order valence-corrected chi connectivity index (χ4v) is 5.70. The maximum absolute atomic E-state index is 2.44. The molecule has 0 aliphatic carbocycles. The van der Waals surface area contributed by atoms with Gasteiger partial charge < -0.3 is 9.47 Å². The second-order valence-electron chi connectivity index (χ2n) is 10.4. The van der Waals surface area contributed by atoms with Crippen LogP contribution in [0.5, 0.6) is 0 Å². The van der Waals surface area contributed by atoms with E-state index in [9.17, 15) is 0 Å². The maximum Gasteiger partial charge on any atom is 0.0545 e. The number of nitrogens with zero attached hydrogens (tertiary/aromatic N) is 2. The molecular formula is C37H34N2. The summed E-state index contributed by atoms with van der Waals surface area (Å²) in [5.41, 5.74) is 8.48. The number of aromatic nitrogens is 1. The van der Waals surface area contributed by atoms with Crippen molar-refractivity contribution in [2.24, 2.45) is 5.92 Å². The number of rotatable bonds is 7. The minimum absolute atomic E-state index is 0.272. The summed E-state index contributed by atoms with van der Waals surface area (Å²) in [4.78, 5) is 2.44. The van der Waals surface area contributed by atoms with Gasteiger partial charge in [-0.2, -0.15) is 0 Å². The predicted octanol–water partition coefficient (Wildman–Crippen LogP) is 10.2. The molecule has 192 valence electrons. The summed E-state index contributed by atoms with van der Waals surface area (Å²) in [6.45, 7) is 6.67. The first-order valence-corrected chi connectivity index (χ1v) is 13.8. The van der Waals surface area contributed by atoms with Crippen molar-refractivity contribution in [3.05, 3.63) is 140 Å². The summed E-state index contributed by atoms with van der Waals surface area (Å²) < 4.78 is 2.36. The molecule has 1 atom stereocenters. The molecule has 1 heterocycles. The van der Waals surface area contributed by atoms with Gasteiger partial charge in [-0.05, 0) is 72.5 Å². The summed E-state index contributed by atoms with van der Waals surface area (Å²) in [6, 6.07) is 46.2. The lowest BCUT2D eigenvalue weighted by atomic mass is 9.99. The van der Waals surface area contributed by atoms with Crippen molar-refractivity contribution in [1.82, 2.24) is 4.57 Å². The standard InChI is InChI=1S/C37H34N2/c1-4-12-35(27(2)3)38(30-13-6-5-7-14-30)31-23-19-28(20-24-31)29-21-25-32(26-22-29)39-36-17-10-8-15-33(36)34-16-9-11-18-37(34)39/h4-27,35H,1-3H3/b12-4-. The van der Waals surface area contributed by atoms with Gasteiger partial charge in [0.1, 0.15) is 0 Å². The number of para-hydroxylation sites is 3. The molecule has 0 saturated carbocycles. The first-order valence-electron chi connectivity index (χ1n) is 13.8. The summed E-state index contributed by atoms with van der Waals surface area (Å²) in [6.07, 6.45) is 4.46. The third-order valence-electron chi connectivity index (χ3n) is 7.59. The van der Waals surface area contributed by atoms with Crippen molar-refractivity contribution in [3.63, 3.8) is 0 Å². The molecule has 39 heavy (non-hydrogen) atoms. The van der Waals surface area contributed by atoms with E-state index in [1.807, 2.05) is 0 Å². The van der Waals surface area contributed by atoms with Gasteiger partial charge in [-0.25, -0.2) is 0 Å². The van der Waals surface area contributed by atoms with Crippen LogP contribution in [-0.4, -0.2) is 10.6 Å². The van der Waals surface area contributed by atoms with Gasteiger partial charge >= 0.3 is 0 Å². The van der Waals surface area contributed by atoms with E-state index in [1.54, 1.807) is 0 Å². The van der Waals surface area contributed by atoms with Crippen molar-refractivity contribution >= 4 is 33.2 Å². The van der Waals surface area contributed by atoms with Gasteiger partial charge in [-0.1, -0.05) is 105 Å². The Morgan fingerprint density at radius 1 is 0.564 bits per heavy atom. The van der Waals surface area contributed by atoms with Crippen molar-refractivity contribution < 1.29 is 0 Å². The van der Waals surface area contributed by atoms with Gasteiger partial charge in [-0.15, -0.1) is 0 Å². The molecule has 5 aromatic carbocycles. The highest BCUT2D eigenvalue weighted by atomic mass is 15.2. The number of anilines is 2. The minimum atomic E-state index is 0.272. The molecule has 6 aromatic rings. The Labute approximate surface area is 231 Å². The number of fused-ring (bicyclic) bond motifs is 3. The van der Waals surface area contributed by atoms with Crippen LogP contribution in [0.15, 0.2) is 140 Å². The molecule has 0 spiro atoms. The number of hydrogen-bond acceptors (Lipinski definition) is 1. The van der Waals surface area contributed by atoms with Crippen LogP contribution >= 0.6 is 0 Å². The number of hydrogen-bond donors (Lipinski definition) is 0. The highest BCUT2D eigenvalue weighted by Crippen LogP contribution is 2.35. The van der Waals surface area contributed by atoms with Crippen LogP contribution in [0.3, 0.4) is 0 Å². The largest absolute Gasteiger partial charge is 0.334 e. The van der Waals surface area contributed by atoms with Crippen LogP contribution in [0.25, 0.3) is 38.6 Å². The van der Waals surface area contributed by atoms with Crippen molar-refractivity contribution in [1.29, 1.82) is 0 Å². The Morgan fingerprint density at radius 2 is 1.05 bits per heavy atom. The number of allylic oxidation sites excluding steroid dienone is 1. The topological polar surface area (TPSA) is 8.17 Å². The average molecular weight is 507 g/mol. The minimum Gasteiger partial charge on any atom is -0.334 e. The maximum atomic E-state index is 2.44. The lowest BCUT2D eigenvalue weighted by Crippen LogP contribution is -2.33. The van der Waals surface area contributed by atoms with E-state index in [-0.39, 0.29) is 6.04 Å². The van der Waals surface area contributed by atoms with Crippen LogP contribution in [0.4, 0.5) is 11.4 Å². The van der Waals surface area contributed by atoms with Crippen LogP contribution in [0.1, 0.15) is 20.8 Å². The Balaban J connectivity index is 1.35. The molecule has 0 fully saturated rings. The molecule has 1 aromatic heterocycles. The first-order chi connectivity index (χ1) is 19.2. The molecule has 1 unspecified atom stereocenters. The quantitative estimate of drug-likeness (QED) is 0.196. The third-order valence-corrected chi connectivity index (χ3v) is 7.59. The monoisotopic (exact) mass is 506 g/mol. The van der Waals surface area contributed by atoms with Crippen LogP contribution in [0.2, 0.25) is 0 Å². The molecular weight excluding hydrogens is 472 g/mol. The Bertz CT molecular complexity index is 1670. The van der Waals surface area contributed by atoms with Gasteiger partial charge in [0.15, 0.2) is 0 Å². The van der Waals surface area contributed by atoms with Crippen LogP contribution in [-0.2, 0) is 0 Å². The molecule has 0 aliphatic rings. The molecule has 0 bridgehead atoms. The molecule has 2 nitrogen and oxygen atoms in total. The lowest BCUT2D eigenvalue weighted by molar-refractivity contribution is 0.559. The highest BCUT2D eigenvalue weighted by molar-refractivity contribution is 6.09. The van der Waals surface area contributed by atoms with Gasteiger partial charge in [0.2, 0.25) is 0 Å². The van der Waals surface area contributed by atoms with Gasteiger partial charge in [-0.3, -0.25) is 0 Å². The summed E-state index contributed by atoms with van der Waals surface area (Å²) >= 11 is 0. The van der Waals surface area contributed by atoms with E-state index < -0.39 is 0 Å². The lowest BCUT2D eigenvalue weighted by Gasteiger charge is -2.35. The van der Waals surface area contributed by atoms with Crippen molar-refractivity contribution in [3.8, 4) is 16.8 Å². The molecule has 0 radical (unpaired) electrons. The Kier molecular flexibility index (Phi) is 6.77. The third kappa shape index (κ3) is 4.64. The zero-order chi connectivity index (χ0) is 26.8. The molecule has 2 heteroatoms. The molecule has 0 saturated heterocycles. The van der Waals surface area contributed by atoms with E-state index in [0.717, 1.165) is 0 Å².